The van der Waals surface area contributed by atoms with Crippen molar-refractivity contribution in [3.05, 3.63) is 12.2 Å². The zero-order valence-electron chi connectivity index (χ0n) is 11.5. The number of piperidine rings is 1. The molecule has 19 heavy (non-hydrogen) atoms. The second-order valence-electron chi connectivity index (χ2n) is 5.76. The molecule has 1 N–H and O–H groups in total. The highest BCUT2D eigenvalue weighted by Gasteiger charge is 2.33. The second kappa shape index (κ2) is 5.86. The molecule has 4 nitrogen and oxygen atoms in total. The van der Waals surface area contributed by atoms with Gasteiger partial charge in [0.1, 0.15) is 5.60 Å². The third kappa shape index (κ3) is 5.55. The molecule has 6 heteroatoms. The number of carbonyl (C=O) groups excluding carboxylic acids is 1. The molecule has 1 fully saturated rings. The number of amides is 1. The van der Waals surface area contributed by atoms with Gasteiger partial charge in [-0.05, 0) is 39.7 Å². The number of ether oxygens (including phenoxy) is 1. The minimum atomic E-state index is -2.58. The Hall–Kier alpha value is -1.17. The van der Waals surface area contributed by atoms with Crippen LogP contribution in [0.1, 0.15) is 33.6 Å². The SMILES string of the molecule is CC(C)(C)OC(=O)N1CCC(O)(C=CC(F)F)CC1. The van der Waals surface area contributed by atoms with E-state index in [9.17, 15) is 18.7 Å². The van der Waals surface area contributed by atoms with E-state index in [-0.39, 0.29) is 12.8 Å². The Morgan fingerprint density at radius 1 is 1.37 bits per heavy atom. The predicted octanol–water partition coefficient (Wildman–Crippen LogP) is 2.57. The van der Waals surface area contributed by atoms with E-state index >= 15 is 0 Å². The third-order valence-electron chi connectivity index (χ3n) is 2.83. The van der Waals surface area contributed by atoms with Gasteiger partial charge in [0.25, 0.3) is 6.43 Å². The molecule has 1 amide bonds. The van der Waals surface area contributed by atoms with Crippen LogP contribution >= 0.6 is 0 Å². The van der Waals surface area contributed by atoms with E-state index in [1.165, 1.54) is 4.90 Å². The lowest BCUT2D eigenvalue weighted by molar-refractivity contribution is -0.00908. The van der Waals surface area contributed by atoms with Crippen molar-refractivity contribution in [1.29, 1.82) is 0 Å². The lowest BCUT2D eigenvalue weighted by Crippen LogP contribution is -2.47. The van der Waals surface area contributed by atoms with Crippen LogP contribution in [0.5, 0.6) is 0 Å². The first-order valence-corrected chi connectivity index (χ1v) is 6.29. The van der Waals surface area contributed by atoms with E-state index in [0.717, 1.165) is 6.08 Å². The molecular formula is C13H21F2NO3. The Morgan fingerprint density at radius 2 is 1.89 bits per heavy atom. The number of likely N-dealkylation sites (tertiary alicyclic amines) is 1. The molecule has 0 atom stereocenters. The molecule has 1 aliphatic heterocycles. The van der Waals surface area contributed by atoms with Crippen molar-refractivity contribution < 1.29 is 23.4 Å². The normalized spacial score (nSPS) is 20.1. The fourth-order valence-corrected chi connectivity index (χ4v) is 1.82. The second-order valence-corrected chi connectivity index (χ2v) is 5.76. The standard InChI is InChI=1S/C13H21F2NO3/c1-12(2,3)19-11(17)16-8-6-13(18,7-9-16)5-4-10(14)15/h4-5,10,18H,6-9H2,1-3H3. The molecule has 0 aromatic heterocycles. The number of allylic oxidation sites excluding steroid dienone is 1. The molecular weight excluding hydrogens is 256 g/mol. The van der Waals surface area contributed by atoms with Gasteiger partial charge >= 0.3 is 6.09 Å². The molecule has 1 heterocycles. The van der Waals surface area contributed by atoms with Crippen molar-refractivity contribution in [3.63, 3.8) is 0 Å². The number of alkyl halides is 2. The summed E-state index contributed by atoms with van der Waals surface area (Å²) in [5, 5.41) is 10.1. The molecule has 0 unspecified atom stereocenters. The van der Waals surface area contributed by atoms with E-state index in [1.807, 2.05) is 0 Å². The average molecular weight is 277 g/mol. The molecule has 1 aliphatic rings. The highest BCUT2D eigenvalue weighted by molar-refractivity contribution is 5.68. The van der Waals surface area contributed by atoms with Gasteiger partial charge in [-0.3, -0.25) is 0 Å². The Morgan fingerprint density at radius 3 is 2.32 bits per heavy atom. The molecule has 0 spiro atoms. The Balaban J connectivity index is 2.51. The van der Waals surface area contributed by atoms with Crippen LogP contribution in [0.15, 0.2) is 12.2 Å². The van der Waals surface area contributed by atoms with E-state index in [4.69, 9.17) is 4.74 Å². The van der Waals surface area contributed by atoms with E-state index in [0.29, 0.717) is 19.2 Å². The minimum Gasteiger partial charge on any atom is -0.444 e. The number of carbonyl (C=O) groups is 1. The topological polar surface area (TPSA) is 49.8 Å². The minimum absolute atomic E-state index is 0.232. The van der Waals surface area contributed by atoms with Crippen molar-refractivity contribution >= 4 is 6.09 Å². The maximum Gasteiger partial charge on any atom is 0.410 e. The molecule has 0 aromatic carbocycles. The first-order valence-electron chi connectivity index (χ1n) is 6.29. The van der Waals surface area contributed by atoms with Gasteiger partial charge in [0.05, 0.1) is 5.60 Å². The van der Waals surface area contributed by atoms with E-state index in [1.54, 1.807) is 20.8 Å². The zero-order chi connectivity index (χ0) is 14.7. The van der Waals surface area contributed by atoms with Gasteiger partial charge in [0, 0.05) is 13.1 Å². The van der Waals surface area contributed by atoms with Crippen LogP contribution in [0, 0.1) is 0 Å². The van der Waals surface area contributed by atoms with E-state index in [2.05, 4.69) is 0 Å². The zero-order valence-corrected chi connectivity index (χ0v) is 11.5. The van der Waals surface area contributed by atoms with Crippen molar-refractivity contribution in [2.45, 2.75) is 51.2 Å². The summed E-state index contributed by atoms with van der Waals surface area (Å²) < 4.78 is 29.3. The van der Waals surface area contributed by atoms with Crippen LogP contribution in [0.3, 0.4) is 0 Å². The molecule has 1 rings (SSSR count). The summed E-state index contributed by atoms with van der Waals surface area (Å²) in [6, 6.07) is 0. The molecule has 0 aliphatic carbocycles. The first kappa shape index (κ1) is 15.9. The van der Waals surface area contributed by atoms with Crippen LogP contribution in [-0.4, -0.2) is 46.8 Å². The van der Waals surface area contributed by atoms with Gasteiger partial charge < -0.3 is 14.7 Å². The number of hydrogen-bond donors (Lipinski definition) is 1. The summed E-state index contributed by atoms with van der Waals surface area (Å²) in [6.45, 7) is 5.90. The van der Waals surface area contributed by atoms with Gasteiger partial charge in [-0.25, -0.2) is 13.6 Å². The smallest absolute Gasteiger partial charge is 0.410 e. The number of rotatable bonds is 2. The molecule has 110 valence electrons. The molecule has 0 radical (unpaired) electrons. The first-order chi connectivity index (χ1) is 8.61. The fraction of sp³-hybridized carbons (Fsp3) is 0.769. The summed E-state index contributed by atoms with van der Waals surface area (Å²) in [7, 11) is 0. The monoisotopic (exact) mass is 277 g/mol. The van der Waals surface area contributed by atoms with Crippen molar-refractivity contribution in [2.24, 2.45) is 0 Å². The summed E-state index contributed by atoms with van der Waals surface area (Å²) in [6.07, 6.45) is -0.738. The number of hydrogen-bond acceptors (Lipinski definition) is 3. The van der Waals surface area contributed by atoms with Crippen LogP contribution < -0.4 is 0 Å². The summed E-state index contributed by atoms with van der Waals surface area (Å²) in [5.41, 5.74) is -1.82. The predicted molar refractivity (Wildman–Crippen MR) is 67.1 cm³/mol. The van der Waals surface area contributed by atoms with Gasteiger partial charge in [0.15, 0.2) is 0 Å². The van der Waals surface area contributed by atoms with Crippen molar-refractivity contribution in [1.82, 2.24) is 4.90 Å². The molecule has 0 bridgehead atoms. The van der Waals surface area contributed by atoms with E-state index < -0.39 is 23.7 Å². The number of aliphatic hydroxyl groups is 1. The number of halogens is 2. The summed E-state index contributed by atoms with van der Waals surface area (Å²) >= 11 is 0. The summed E-state index contributed by atoms with van der Waals surface area (Å²) in [5.74, 6) is 0. The van der Waals surface area contributed by atoms with Crippen LogP contribution in [0.4, 0.5) is 13.6 Å². The Kier molecular flexibility index (Phi) is 4.90. The molecule has 0 saturated carbocycles. The van der Waals surface area contributed by atoms with Gasteiger partial charge in [-0.1, -0.05) is 6.08 Å². The lowest BCUT2D eigenvalue weighted by atomic mass is 9.91. The molecule has 1 saturated heterocycles. The largest absolute Gasteiger partial charge is 0.444 e. The van der Waals surface area contributed by atoms with Gasteiger partial charge in [-0.15, -0.1) is 0 Å². The number of nitrogens with zero attached hydrogens (tertiary/aromatic N) is 1. The summed E-state index contributed by atoms with van der Waals surface area (Å²) in [4.78, 5) is 13.3. The maximum absolute atomic E-state index is 12.1. The highest BCUT2D eigenvalue weighted by Crippen LogP contribution is 2.25. The quantitative estimate of drug-likeness (QED) is 0.789. The lowest BCUT2D eigenvalue weighted by Gasteiger charge is -2.37. The van der Waals surface area contributed by atoms with Crippen LogP contribution in [0.25, 0.3) is 0 Å². The van der Waals surface area contributed by atoms with Crippen LogP contribution in [0.2, 0.25) is 0 Å². The van der Waals surface area contributed by atoms with Crippen molar-refractivity contribution in [3.8, 4) is 0 Å². The highest BCUT2D eigenvalue weighted by atomic mass is 19.3. The maximum atomic E-state index is 12.1. The average Bonchev–Trinajstić information content (AvgIpc) is 2.25. The van der Waals surface area contributed by atoms with Gasteiger partial charge in [0.2, 0.25) is 0 Å². The Labute approximate surface area is 112 Å². The molecule has 0 aromatic rings. The fourth-order valence-electron chi connectivity index (χ4n) is 1.82. The van der Waals surface area contributed by atoms with Crippen molar-refractivity contribution in [2.75, 3.05) is 13.1 Å². The Bertz CT molecular complexity index is 342. The van der Waals surface area contributed by atoms with Crippen LogP contribution in [-0.2, 0) is 4.74 Å². The third-order valence-corrected chi connectivity index (χ3v) is 2.83. The van der Waals surface area contributed by atoms with Gasteiger partial charge in [-0.2, -0.15) is 0 Å².